The fourth-order valence-corrected chi connectivity index (χ4v) is 7.62. The van der Waals surface area contributed by atoms with Crippen molar-refractivity contribution in [2.45, 2.75) is 61.5 Å². The Balaban J connectivity index is 0.000000216. The predicted molar refractivity (Wildman–Crippen MR) is 258 cm³/mol. The number of esters is 6. The molecule has 10 unspecified atom stereocenters. The minimum Gasteiger partial charge on any atom is -0.459 e. The smallest absolute Gasteiger partial charge is 0.338 e. The van der Waals surface area contributed by atoms with E-state index in [-0.39, 0.29) is 34.4 Å². The molecular weight excluding hydrogens is 964 g/mol. The molecule has 2 fully saturated rings. The van der Waals surface area contributed by atoms with Gasteiger partial charge in [0.05, 0.1) is 33.4 Å². The number of alkyl halides is 1. The van der Waals surface area contributed by atoms with E-state index in [2.05, 4.69) is 0 Å². The number of ether oxygens (including phenoxy) is 10. The van der Waals surface area contributed by atoms with Gasteiger partial charge in [-0.25, -0.2) is 33.2 Å². The lowest BCUT2D eigenvalue weighted by atomic mass is 9.98. The van der Waals surface area contributed by atoms with Crippen molar-refractivity contribution in [1.82, 2.24) is 0 Å². The third-order valence-corrected chi connectivity index (χ3v) is 11.4. The molecular formula is C56H51FO17. The van der Waals surface area contributed by atoms with Gasteiger partial charge in [0.15, 0.2) is 43.2 Å². The standard InChI is InChI=1S/C28H25FO8.C28H26O9/c2*1-33-28-24(37-27(32)20-15-9-4-10-16-20)23(36-26(31)19-13-7-3-8-14-19)22(29)21(35-28)17-34-25(30)18-11-5-2-6-12-18/h2-16,21-24,28H,17H2,1H3;2-16,21-24,28-29H,17H2,1H3. The summed E-state index contributed by atoms with van der Waals surface area (Å²) in [6.45, 7) is -0.860. The van der Waals surface area contributed by atoms with Gasteiger partial charge in [0.2, 0.25) is 0 Å². The average molecular weight is 1020 g/mol. The van der Waals surface area contributed by atoms with Gasteiger partial charge >= 0.3 is 35.8 Å². The Hall–Kier alpha value is -8.13. The summed E-state index contributed by atoms with van der Waals surface area (Å²) in [7, 11) is 2.59. The van der Waals surface area contributed by atoms with Gasteiger partial charge in [-0.05, 0) is 72.8 Å². The number of rotatable bonds is 16. The van der Waals surface area contributed by atoms with Crippen LogP contribution in [0.1, 0.15) is 62.1 Å². The Kier molecular flexibility index (Phi) is 19.2. The maximum atomic E-state index is 15.8. The molecule has 1 N–H and O–H groups in total. The zero-order valence-corrected chi connectivity index (χ0v) is 39.9. The molecule has 0 aromatic heterocycles. The number of hydrogen-bond donors (Lipinski definition) is 1. The normalized spacial score (nSPS) is 23.0. The molecule has 2 aliphatic rings. The minimum absolute atomic E-state index is 0.176. The van der Waals surface area contributed by atoms with Gasteiger partial charge in [-0.3, -0.25) is 0 Å². The lowest BCUT2D eigenvalue weighted by Crippen LogP contribution is -2.61. The fraction of sp³-hybridized carbons (Fsp3) is 0.250. The van der Waals surface area contributed by atoms with E-state index in [1.165, 1.54) is 38.5 Å². The highest BCUT2D eigenvalue weighted by molar-refractivity contribution is 5.92. The summed E-state index contributed by atoms with van der Waals surface area (Å²) < 4.78 is 70.8. The summed E-state index contributed by atoms with van der Waals surface area (Å²) in [5.74, 6) is -4.38. The monoisotopic (exact) mass is 1010 g/mol. The summed E-state index contributed by atoms with van der Waals surface area (Å²) >= 11 is 0. The van der Waals surface area contributed by atoms with Gasteiger partial charge in [-0.15, -0.1) is 0 Å². The molecule has 10 atom stereocenters. The highest BCUT2D eigenvalue weighted by Crippen LogP contribution is 2.32. The lowest BCUT2D eigenvalue weighted by Gasteiger charge is -2.42. The summed E-state index contributed by atoms with van der Waals surface area (Å²) in [6.07, 6.45) is -14.3. The van der Waals surface area contributed by atoms with E-state index in [4.69, 9.17) is 47.4 Å². The Morgan fingerprint density at radius 3 is 0.973 bits per heavy atom. The van der Waals surface area contributed by atoms with Crippen LogP contribution in [0.15, 0.2) is 182 Å². The Labute approximate surface area is 424 Å². The summed E-state index contributed by atoms with van der Waals surface area (Å²) in [5, 5.41) is 11.1. The van der Waals surface area contributed by atoms with Crippen molar-refractivity contribution in [2.75, 3.05) is 27.4 Å². The van der Waals surface area contributed by atoms with Crippen molar-refractivity contribution in [1.29, 1.82) is 0 Å². The SMILES string of the molecule is COC1OC(COC(=O)c2ccccc2)C(F)C(OC(=O)c2ccccc2)C1OC(=O)c1ccccc1.COC1OC(COC(=O)c2ccccc2)C(O)C(OC(=O)c2ccccc2)C1OC(=O)c1ccccc1. The van der Waals surface area contributed by atoms with E-state index in [9.17, 15) is 33.9 Å². The number of benzene rings is 6. The number of methoxy groups -OCH3 is 2. The second-order valence-corrected chi connectivity index (χ2v) is 16.4. The van der Waals surface area contributed by atoms with E-state index in [0.29, 0.717) is 5.56 Å². The van der Waals surface area contributed by atoms with E-state index < -0.39 is 104 Å². The molecule has 384 valence electrons. The third kappa shape index (κ3) is 14.1. The topological polar surface area (TPSA) is 215 Å². The molecule has 0 radical (unpaired) electrons. The summed E-state index contributed by atoms with van der Waals surface area (Å²) in [5.41, 5.74) is 1.46. The first kappa shape index (κ1) is 53.7. The van der Waals surface area contributed by atoms with Gasteiger partial charge in [-0.2, -0.15) is 0 Å². The van der Waals surface area contributed by atoms with Gasteiger partial charge in [-0.1, -0.05) is 109 Å². The highest BCUT2D eigenvalue weighted by Gasteiger charge is 2.53. The molecule has 8 rings (SSSR count). The maximum absolute atomic E-state index is 15.8. The first-order chi connectivity index (χ1) is 35.9. The van der Waals surface area contributed by atoms with E-state index in [1.807, 2.05) is 0 Å². The molecule has 2 aliphatic heterocycles. The number of halogens is 1. The van der Waals surface area contributed by atoms with Crippen LogP contribution in [0.5, 0.6) is 0 Å². The first-order valence-electron chi connectivity index (χ1n) is 23.1. The second kappa shape index (κ2) is 26.5. The van der Waals surface area contributed by atoms with Crippen molar-refractivity contribution in [3.63, 3.8) is 0 Å². The lowest BCUT2D eigenvalue weighted by molar-refractivity contribution is -0.292. The molecule has 0 bridgehead atoms. The van der Waals surface area contributed by atoms with Crippen molar-refractivity contribution in [3.05, 3.63) is 215 Å². The van der Waals surface area contributed by atoms with E-state index in [1.54, 1.807) is 158 Å². The summed E-state index contributed by atoms with van der Waals surface area (Å²) in [4.78, 5) is 76.0. The molecule has 18 heteroatoms. The number of hydrogen-bond acceptors (Lipinski definition) is 17. The minimum atomic E-state index is -2.02. The van der Waals surface area contributed by atoms with Crippen LogP contribution < -0.4 is 0 Å². The molecule has 17 nitrogen and oxygen atoms in total. The predicted octanol–water partition coefficient (Wildman–Crippen LogP) is 7.03. The van der Waals surface area contributed by atoms with Crippen LogP contribution in [0, 0.1) is 0 Å². The average Bonchev–Trinajstić information content (AvgIpc) is 3.45. The zero-order valence-electron chi connectivity index (χ0n) is 39.9. The van der Waals surface area contributed by atoms with Crippen LogP contribution in [-0.2, 0) is 47.4 Å². The molecule has 2 saturated heterocycles. The summed E-state index contributed by atoms with van der Waals surface area (Å²) in [6, 6.07) is 48.9. The van der Waals surface area contributed by atoms with Gasteiger partial charge in [0, 0.05) is 14.2 Å². The number of aliphatic hydroxyl groups is 1. The first-order valence-corrected chi connectivity index (χ1v) is 23.1. The number of aliphatic hydroxyl groups excluding tert-OH is 1. The number of carbonyl (C=O) groups is 6. The molecule has 6 aromatic rings. The molecule has 2 heterocycles. The van der Waals surface area contributed by atoms with Crippen LogP contribution in [0.25, 0.3) is 0 Å². The van der Waals surface area contributed by atoms with Crippen LogP contribution in [-0.4, -0.2) is 130 Å². The number of carbonyl (C=O) groups excluding carboxylic acids is 6. The van der Waals surface area contributed by atoms with Gasteiger partial charge in [0.1, 0.15) is 31.5 Å². The molecule has 0 amide bonds. The van der Waals surface area contributed by atoms with Crippen LogP contribution >= 0.6 is 0 Å². The van der Waals surface area contributed by atoms with Crippen molar-refractivity contribution in [2.24, 2.45) is 0 Å². The Morgan fingerprint density at radius 2 is 0.649 bits per heavy atom. The Morgan fingerprint density at radius 1 is 0.392 bits per heavy atom. The second-order valence-electron chi connectivity index (χ2n) is 16.4. The molecule has 74 heavy (non-hydrogen) atoms. The van der Waals surface area contributed by atoms with Crippen LogP contribution in [0.2, 0.25) is 0 Å². The third-order valence-electron chi connectivity index (χ3n) is 11.4. The van der Waals surface area contributed by atoms with Crippen molar-refractivity contribution >= 4 is 35.8 Å². The maximum Gasteiger partial charge on any atom is 0.338 e. The molecule has 0 spiro atoms. The van der Waals surface area contributed by atoms with E-state index >= 15 is 4.39 Å². The van der Waals surface area contributed by atoms with E-state index in [0.717, 1.165) is 0 Å². The Bertz CT molecular complexity index is 2560. The van der Waals surface area contributed by atoms with Crippen molar-refractivity contribution in [3.8, 4) is 0 Å². The quantitative estimate of drug-likeness (QED) is 0.0761. The van der Waals surface area contributed by atoms with Crippen LogP contribution in [0.3, 0.4) is 0 Å². The van der Waals surface area contributed by atoms with Crippen LogP contribution in [0.4, 0.5) is 4.39 Å². The molecule has 0 saturated carbocycles. The fourth-order valence-electron chi connectivity index (χ4n) is 7.62. The van der Waals surface area contributed by atoms with Gasteiger partial charge < -0.3 is 52.5 Å². The largest absolute Gasteiger partial charge is 0.459 e. The van der Waals surface area contributed by atoms with Crippen molar-refractivity contribution < 1.29 is 85.6 Å². The highest BCUT2D eigenvalue weighted by atomic mass is 19.1. The zero-order chi connectivity index (χ0) is 52.4. The van der Waals surface area contributed by atoms with Gasteiger partial charge in [0.25, 0.3) is 0 Å². The molecule has 0 aliphatic carbocycles. The molecule has 6 aromatic carbocycles.